The van der Waals surface area contributed by atoms with Gasteiger partial charge < -0.3 is 15.2 Å². The Balaban J connectivity index is 1.93. The number of rotatable bonds is 12. The van der Waals surface area contributed by atoms with Crippen LogP contribution in [0, 0.1) is 0 Å². The fraction of sp³-hybridized carbons (Fsp3) is 0.417. The van der Waals surface area contributed by atoms with E-state index in [9.17, 15) is 14.7 Å². The Morgan fingerprint density at radius 1 is 1.10 bits per heavy atom. The Labute approximate surface area is 183 Å². The molecule has 162 valence electrons. The highest BCUT2D eigenvalue weighted by Gasteiger charge is 2.17. The lowest BCUT2D eigenvalue weighted by molar-refractivity contribution is -0.138. The molecule has 0 aliphatic rings. The van der Waals surface area contributed by atoms with Gasteiger partial charge in [0.25, 0.3) is 5.91 Å². The number of benzene rings is 2. The van der Waals surface area contributed by atoms with E-state index in [1.54, 1.807) is 18.2 Å². The first-order chi connectivity index (χ1) is 14.5. The summed E-state index contributed by atoms with van der Waals surface area (Å²) in [6.45, 7) is 5.01. The normalized spacial score (nSPS) is 11.7. The largest absolute Gasteiger partial charge is 0.493 e. The Hall–Kier alpha value is -2.53. The van der Waals surface area contributed by atoms with Crippen molar-refractivity contribution in [1.29, 1.82) is 0 Å². The van der Waals surface area contributed by atoms with Gasteiger partial charge in [0.2, 0.25) is 0 Å². The quantitative estimate of drug-likeness (QED) is 0.437. The summed E-state index contributed by atoms with van der Waals surface area (Å²) in [7, 11) is 0. The summed E-state index contributed by atoms with van der Waals surface area (Å²) in [6, 6.07) is 12.6. The fourth-order valence-corrected chi connectivity index (χ4v) is 3.40. The fourth-order valence-electron chi connectivity index (χ4n) is 3.22. The molecule has 2 N–H and O–H groups in total. The minimum absolute atomic E-state index is 0.225. The van der Waals surface area contributed by atoms with Crippen molar-refractivity contribution < 1.29 is 19.4 Å². The Kier molecular flexibility index (Phi) is 9.68. The van der Waals surface area contributed by atoms with Crippen LogP contribution in [0.5, 0.6) is 5.75 Å². The van der Waals surface area contributed by atoms with Gasteiger partial charge in [-0.3, -0.25) is 9.59 Å². The minimum Gasteiger partial charge on any atom is -0.493 e. The van der Waals surface area contributed by atoms with Gasteiger partial charge in [-0.2, -0.15) is 0 Å². The average molecular weight is 432 g/mol. The number of unbranched alkanes of at least 4 members (excludes halogenated alkanes) is 2. The van der Waals surface area contributed by atoms with Crippen LogP contribution in [0.15, 0.2) is 42.5 Å². The van der Waals surface area contributed by atoms with Crippen LogP contribution in [0.1, 0.15) is 66.9 Å². The molecule has 2 aromatic rings. The molecular formula is C24H30ClNO4. The summed E-state index contributed by atoms with van der Waals surface area (Å²) >= 11 is 6.07. The van der Waals surface area contributed by atoms with Crippen molar-refractivity contribution in [3.05, 3.63) is 64.2 Å². The predicted molar refractivity (Wildman–Crippen MR) is 120 cm³/mol. The first kappa shape index (κ1) is 23.7. The Morgan fingerprint density at radius 3 is 2.47 bits per heavy atom. The number of aliphatic carboxylic acids is 1. The molecule has 0 saturated heterocycles. The topological polar surface area (TPSA) is 75.6 Å². The Bertz CT molecular complexity index is 836. The molecule has 0 fully saturated rings. The lowest BCUT2D eigenvalue weighted by atomic mass is 9.95. The van der Waals surface area contributed by atoms with Gasteiger partial charge >= 0.3 is 5.97 Å². The van der Waals surface area contributed by atoms with Crippen LogP contribution < -0.4 is 10.1 Å². The summed E-state index contributed by atoms with van der Waals surface area (Å²) < 4.78 is 5.78. The number of nitrogens with one attached hydrogen (secondary N) is 1. The van der Waals surface area contributed by atoms with Crippen LogP contribution in [0.25, 0.3) is 0 Å². The van der Waals surface area contributed by atoms with Crippen LogP contribution in [0.3, 0.4) is 0 Å². The standard InChI is InChI=1S/C24H30ClNO4/c1-3-5-6-15-30-22-12-11-19(25)16-21(22)23(27)26-14-13-17-7-9-18(10-8-17)20(4-2)24(28)29/h7-12,16,20H,3-6,13-15H2,1-2H3,(H,26,27)(H,28,29). The number of ether oxygens (including phenoxy) is 1. The van der Waals surface area contributed by atoms with E-state index in [-0.39, 0.29) is 5.91 Å². The van der Waals surface area contributed by atoms with E-state index in [1.807, 2.05) is 31.2 Å². The van der Waals surface area contributed by atoms with E-state index >= 15 is 0 Å². The monoisotopic (exact) mass is 431 g/mol. The lowest BCUT2D eigenvalue weighted by Gasteiger charge is -2.13. The molecule has 0 aromatic heterocycles. The number of hydrogen-bond acceptors (Lipinski definition) is 3. The summed E-state index contributed by atoms with van der Waals surface area (Å²) in [5.74, 6) is -0.989. The lowest BCUT2D eigenvalue weighted by Crippen LogP contribution is -2.26. The summed E-state index contributed by atoms with van der Waals surface area (Å²) in [4.78, 5) is 23.9. The van der Waals surface area contributed by atoms with E-state index in [1.165, 1.54) is 0 Å². The van der Waals surface area contributed by atoms with Crippen molar-refractivity contribution in [3.8, 4) is 5.75 Å². The molecule has 30 heavy (non-hydrogen) atoms. The highest BCUT2D eigenvalue weighted by atomic mass is 35.5. The molecule has 1 amide bonds. The third kappa shape index (κ3) is 7.06. The molecule has 2 rings (SSSR count). The SMILES string of the molecule is CCCCCOc1ccc(Cl)cc1C(=O)NCCc1ccc(C(CC)C(=O)O)cc1. The zero-order chi connectivity index (χ0) is 21.9. The third-order valence-electron chi connectivity index (χ3n) is 4.98. The number of halogens is 1. The maximum atomic E-state index is 12.6. The minimum atomic E-state index is -0.813. The van der Waals surface area contributed by atoms with Gasteiger partial charge in [-0.15, -0.1) is 0 Å². The van der Waals surface area contributed by atoms with Crippen molar-refractivity contribution in [2.75, 3.05) is 13.2 Å². The van der Waals surface area contributed by atoms with Crippen LogP contribution in [0.2, 0.25) is 5.02 Å². The first-order valence-electron chi connectivity index (χ1n) is 10.5. The van der Waals surface area contributed by atoms with Crippen LogP contribution >= 0.6 is 11.6 Å². The second-order valence-electron chi connectivity index (χ2n) is 7.24. The van der Waals surface area contributed by atoms with Gasteiger partial charge in [0.1, 0.15) is 5.75 Å². The van der Waals surface area contributed by atoms with Crippen molar-refractivity contribution in [3.63, 3.8) is 0 Å². The zero-order valence-electron chi connectivity index (χ0n) is 17.6. The smallest absolute Gasteiger partial charge is 0.310 e. The second-order valence-corrected chi connectivity index (χ2v) is 7.68. The van der Waals surface area contributed by atoms with Crippen LogP contribution in [-0.2, 0) is 11.2 Å². The third-order valence-corrected chi connectivity index (χ3v) is 5.21. The molecule has 1 unspecified atom stereocenters. The van der Waals surface area contributed by atoms with E-state index in [0.29, 0.717) is 42.3 Å². The van der Waals surface area contributed by atoms with Crippen molar-refractivity contribution in [1.82, 2.24) is 5.32 Å². The summed E-state index contributed by atoms with van der Waals surface area (Å²) in [5.41, 5.74) is 2.25. The van der Waals surface area contributed by atoms with Crippen molar-refractivity contribution in [2.45, 2.75) is 51.9 Å². The first-order valence-corrected chi connectivity index (χ1v) is 10.9. The Morgan fingerprint density at radius 2 is 1.83 bits per heavy atom. The molecule has 0 heterocycles. The van der Waals surface area contributed by atoms with Gasteiger partial charge in [-0.25, -0.2) is 0 Å². The van der Waals surface area contributed by atoms with Crippen LogP contribution in [0.4, 0.5) is 0 Å². The van der Waals surface area contributed by atoms with Gasteiger partial charge in [0, 0.05) is 11.6 Å². The molecule has 0 bridgehead atoms. The molecule has 0 saturated carbocycles. The molecule has 0 aliphatic heterocycles. The zero-order valence-corrected chi connectivity index (χ0v) is 18.4. The second kappa shape index (κ2) is 12.2. The molecule has 5 nitrogen and oxygen atoms in total. The average Bonchev–Trinajstić information content (AvgIpc) is 2.73. The number of carboxylic acids is 1. The van der Waals surface area contributed by atoms with Gasteiger partial charge in [0.05, 0.1) is 18.1 Å². The number of carbonyl (C=O) groups excluding carboxylic acids is 1. The highest BCUT2D eigenvalue weighted by molar-refractivity contribution is 6.31. The molecule has 6 heteroatoms. The van der Waals surface area contributed by atoms with Gasteiger partial charge in [-0.05, 0) is 48.6 Å². The maximum absolute atomic E-state index is 12.6. The van der Waals surface area contributed by atoms with Gasteiger partial charge in [0.15, 0.2) is 0 Å². The predicted octanol–water partition coefficient (Wildman–Crippen LogP) is 5.46. The molecule has 0 aliphatic carbocycles. The summed E-state index contributed by atoms with van der Waals surface area (Å²) in [6.07, 6.45) is 4.32. The van der Waals surface area contributed by atoms with Crippen molar-refractivity contribution in [2.24, 2.45) is 0 Å². The maximum Gasteiger partial charge on any atom is 0.310 e. The van der Waals surface area contributed by atoms with E-state index < -0.39 is 11.9 Å². The van der Waals surface area contributed by atoms with E-state index in [0.717, 1.165) is 30.4 Å². The number of carbonyl (C=O) groups is 2. The van der Waals surface area contributed by atoms with Crippen LogP contribution in [-0.4, -0.2) is 30.1 Å². The van der Waals surface area contributed by atoms with Crippen molar-refractivity contribution >= 4 is 23.5 Å². The molecule has 2 aromatic carbocycles. The number of carboxylic acid groups (broad SMARTS) is 1. The van der Waals surface area contributed by atoms with E-state index in [2.05, 4.69) is 12.2 Å². The van der Waals surface area contributed by atoms with E-state index in [4.69, 9.17) is 16.3 Å². The number of hydrogen-bond donors (Lipinski definition) is 2. The van der Waals surface area contributed by atoms with Gasteiger partial charge in [-0.1, -0.05) is 62.6 Å². The molecule has 0 spiro atoms. The number of amides is 1. The summed E-state index contributed by atoms with van der Waals surface area (Å²) in [5, 5.41) is 12.7. The molecule has 1 atom stereocenters. The molecule has 0 radical (unpaired) electrons. The highest BCUT2D eigenvalue weighted by Crippen LogP contribution is 2.24. The molecular weight excluding hydrogens is 402 g/mol.